The molecule has 0 radical (unpaired) electrons. The highest BCUT2D eigenvalue weighted by Crippen LogP contribution is 2.26. The van der Waals surface area contributed by atoms with Gasteiger partial charge in [0.1, 0.15) is 0 Å². The van der Waals surface area contributed by atoms with Crippen LogP contribution in [0, 0.1) is 6.92 Å². The maximum absolute atomic E-state index is 11.6. The van der Waals surface area contributed by atoms with E-state index in [1.807, 2.05) is 0 Å². The van der Waals surface area contributed by atoms with Crippen molar-refractivity contribution < 1.29 is 14.1 Å². The molecule has 0 saturated carbocycles. The lowest BCUT2D eigenvalue weighted by Crippen LogP contribution is -2.50. The highest BCUT2D eigenvalue weighted by molar-refractivity contribution is 6.07. The summed E-state index contributed by atoms with van der Waals surface area (Å²) in [5, 5.41) is 8.13. The number of amides is 3. The number of aryl methyl sites for hydroxylation is 1. The Kier molecular flexibility index (Phi) is 1.97. The normalized spacial score (nSPS) is 25.2. The smallest absolute Gasteiger partial charge is 0.322 e. The van der Waals surface area contributed by atoms with Crippen molar-refractivity contribution in [3.05, 3.63) is 17.5 Å². The van der Waals surface area contributed by atoms with Gasteiger partial charge in [0, 0.05) is 12.1 Å². The van der Waals surface area contributed by atoms with Crippen LogP contribution in [0.5, 0.6) is 0 Å². The molecule has 0 aromatic carbocycles. The van der Waals surface area contributed by atoms with Crippen molar-refractivity contribution in [1.29, 1.82) is 0 Å². The SMILES string of the molecule is Cc1cnoc1C1(CN)NC(=O)NC1=O. The van der Waals surface area contributed by atoms with E-state index in [4.69, 9.17) is 10.3 Å². The molecule has 1 aliphatic heterocycles. The number of urea groups is 1. The number of rotatable bonds is 2. The zero-order valence-corrected chi connectivity index (χ0v) is 8.03. The molecule has 2 rings (SSSR count). The average Bonchev–Trinajstić information content (AvgIpc) is 2.71. The van der Waals surface area contributed by atoms with E-state index in [9.17, 15) is 9.59 Å². The molecule has 3 amide bonds. The second-order valence-corrected chi connectivity index (χ2v) is 3.36. The number of carbonyl (C=O) groups is 2. The quantitative estimate of drug-likeness (QED) is 0.541. The molecule has 1 saturated heterocycles. The van der Waals surface area contributed by atoms with Crippen LogP contribution in [-0.2, 0) is 10.3 Å². The predicted molar refractivity (Wildman–Crippen MR) is 48.6 cm³/mol. The summed E-state index contributed by atoms with van der Waals surface area (Å²) in [6, 6.07) is -0.582. The summed E-state index contributed by atoms with van der Waals surface area (Å²) in [5.74, 6) is -0.247. The Balaban J connectivity index is 2.51. The molecular formula is C8H10N4O3. The Morgan fingerprint density at radius 3 is 2.73 bits per heavy atom. The first-order valence-electron chi connectivity index (χ1n) is 4.35. The molecule has 2 heterocycles. The minimum atomic E-state index is -1.32. The molecular weight excluding hydrogens is 200 g/mol. The van der Waals surface area contributed by atoms with E-state index in [-0.39, 0.29) is 12.3 Å². The molecule has 1 aromatic heterocycles. The number of hydrogen-bond acceptors (Lipinski definition) is 5. The van der Waals surface area contributed by atoms with E-state index in [1.165, 1.54) is 6.20 Å². The minimum absolute atomic E-state index is 0.0827. The van der Waals surface area contributed by atoms with E-state index in [2.05, 4.69) is 15.8 Å². The van der Waals surface area contributed by atoms with Gasteiger partial charge in [-0.15, -0.1) is 0 Å². The Hall–Kier alpha value is -1.89. The molecule has 7 heteroatoms. The van der Waals surface area contributed by atoms with Crippen molar-refractivity contribution in [1.82, 2.24) is 15.8 Å². The maximum Gasteiger partial charge on any atom is 0.322 e. The topological polar surface area (TPSA) is 110 Å². The number of nitrogens with zero attached hydrogens (tertiary/aromatic N) is 1. The standard InChI is InChI=1S/C8H10N4O3/c1-4-2-10-15-5(4)8(3-9)6(13)11-7(14)12-8/h2H,3,9H2,1H3,(H2,11,12,13,14). The number of nitrogens with two attached hydrogens (primary N) is 1. The second kappa shape index (κ2) is 3.06. The first-order chi connectivity index (χ1) is 7.10. The third-order valence-corrected chi connectivity index (χ3v) is 2.38. The van der Waals surface area contributed by atoms with Crippen molar-refractivity contribution in [2.24, 2.45) is 5.73 Å². The van der Waals surface area contributed by atoms with Crippen molar-refractivity contribution in [2.45, 2.75) is 12.5 Å². The molecule has 80 valence electrons. The molecule has 7 nitrogen and oxygen atoms in total. The first-order valence-corrected chi connectivity index (χ1v) is 4.35. The van der Waals surface area contributed by atoms with Crippen molar-refractivity contribution >= 4 is 11.9 Å². The van der Waals surface area contributed by atoms with Crippen molar-refractivity contribution in [3.8, 4) is 0 Å². The van der Waals surface area contributed by atoms with Gasteiger partial charge in [0.05, 0.1) is 6.20 Å². The molecule has 1 aromatic rings. The number of nitrogens with one attached hydrogen (secondary N) is 2. The fourth-order valence-corrected chi connectivity index (χ4v) is 1.59. The molecule has 1 aliphatic rings. The number of aromatic nitrogens is 1. The molecule has 0 aliphatic carbocycles. The summed E-state index contributed by atoms with van der Waals surface area (Å²) in [6.07, 6.45) is 1.46. The van der Waals surface area contributed by atoms with Crippen LogP contribution in [0.15, 0.2) is 10.7 Å². The zero-order chi connectivity index (χ0) is 11.1. The molecule has 4 N–H and O–H groups in total. The van der Waals surface area contributed by atoms with Crippen molar-refractivity contribution in [3.63, 3.8) is 0 Å². The predicted octanol–water partition coefficient (Wildman–Crippen LogP) is -1.02. The molecule has 0 bridgehead atoms. The van der Waals surface area contributed by atoms with Crippen LogP contribution in [0.3, 0.4) is 0 Å². The van der Waals surface area contributed by atoms with E-state index in [0.29, 0.717) is 5.56 Å². The molecule has 1 atom stereocenters. The molecule has 1 unspecified atom stereocenters. The van der Waals surface area contributed by atoms with E-state index in [1.54, 1.807) is 6.92 Å². The van der Waals surface area contributed by atoms with Gasteiger partial charge < -0.3 is 15.6 Å². The number of imide groups is 1. The Labute approximate surface area is 85.0 Å². The Morgan fingerprint density at radius 1 is 1.60 bits per heavy atom. The monoisotopic (exact) mass is 210 g/mol. The van der Waals surface area contributed by atoms with E-state index < -0.39 is 17.5 Å². The van der Waals surface area contributed by atoms with Crippen LogP contribution >= 0.6 is 0 Å². The summed E-state index contributed by atoms with van der Waals surface area (Å²) >= 11 is 0. The van der Waals surface area contributed by atoms with E-state index >= 15 is 0 Å². The van der Waals surface area contributed by atoms with Crippen LogP contribution in [0.2, 0.25) is 0 Å². The fourth-order valence-electron chi connectivity index (χ4n) is 1.59. The van der Waals surface area contributed by atoms with Gasteiger partial charge in [-0.2, -0.15) is 0 Å². The Morgan fingerprint density at radius 2 is 2.33 bits per heavy atom. The summed E-state index contributed by atoms with van der Waals surface area (Å²) in [6.45, 7) is 1.64. The third kappa shape index (κ3) is 1.20. The summed E-state index contributed by atoms with van der Waals surface area (Å²) in [7, 11) is 0. The zero-order valence-electron chi connectivity index (χ0n) is 8.03. The van der Waals surface area contributed by atoms with Gasteiger partial charge in [-0.05, 0) is 6.92 Å². The first kappa shape index (κ1) is 9.66. The van der Waals surface area contributed by atoms with Crippen LogP contribution in [0.1, 0.15) is 11.3 Å². The van der Waals surface area contributed by atoms with Gasteiger partial charge in [-0.1, -0.05) is 5.16 Å². The highest BCUT2D eigenvalue weighted by atomic mass is 16.5. The molecule has 0 spiro atoms. The second-order valence-electron chi connectivity index (χ2n) is 3.36. The van der Waals surface area contributed by atoms with Gasteiger partial charge >= 0.3 is 6.03 Å². The summed E-state index contributed by atoms with van der Waals surface area (Å²) < 4.78 is 4.96. The molecule has 15 heavy (non-hydrogen) atoms. The maximum atomic E-state index is 11.6. The van der Waals surface area contributed by atoms with Gasteiger partial charge in [0.15, 0.2) is 11.3 Å². The lowest BCUT2D eigenvalue weighted by Gasteiger charge is -2.21. The van der Waals surface area contributed by atoms with Crippen LogP contribution in [0.25, 0.3) is 0 Å². The van der Waals surface area contributed by atoms with Gasteiger partial charge in [-0.3, -0.25) is 10.1 Å². The summed E-state index contributed by atoms with van der Waals surface area (Å²) in [5.41, 5.74) is 4.86. The largest absolute Gasteiger partial charge is 0.358 e. The number of hydrogen-bond donors (Lipinski definition) is 3. The fraction of sp³-hybridized carbons (Fsp3) is 0.375. The van der Waals surface area contributed by atoms with Crippen LogP contribution in [-0.4, -0.2) is 23.6 Å². The van der Waals surface area contributed by atoms with Crippen LogP contribution < -0.4 is 16.4 Å². The average molecular weight is 210 g/mol. The molecule has 1 fully saturated rings. The lowest BCUT2D eigenvalue weighted by atomic mass is 9.94. The summed E-state index contributed by atoms with van der Waals surface area (Å²) in [4.78, 5) is 22.7. The number of carbonyl (C=O) groups excluding carboxylic acids is 2. The Bertz CT molecular complexity index is 427. The van der Waals surface area contributed by atoms with E-state index in [0.717, 1.165) is 0 Å². The highest BCUT2D eigenvalue weighted by Gasteiger charge is 2.50. The minimum Gasteiger partial charge on any atom is -0.358 e. The van der Waals surface area contributed by atoms with Gasteiger partial charge in [0.2, 0.25) is 0 Å². The van der Waals surface area contributed by atoms with Gasteiger partial charge in [0.25, 0.3) is 5.91 Å². The third-order valence-electron chi connectivity index (χ3n) is 2.38. The lowest BCUT2D eigenvalue weighted by molar-refractivity contribution is -0.124. The van der Waals surface area contributed by atoms with Crippen molar-refractivity contribution in [2.75, 3.05) is 6.54 Å². The van der Waals surface area contributed by atoms with Gasteiger partial charge in [-0.25, -0.2) is 4.79 Å². The van der Waals surface area contributed by atoms with Crippen LogP contribution in [0.4, 0.5) is 4.79 Å².